The molecule has 2 aromatic heterocycles. The minimum absolute atomic E-state index is 0.0231. The van der Waals surface area contributed by atoms with Gasteiger partial charge in [-0.3, -0.25) is 9.59 Å². The summed E-state index contributed by atoms with van der Waals surface area (Å²) in [6, 6.07) is 1.32. The zero-order valence-corrected chi connectivity index (χ0v) is 10.7. The van der Waals surface area contributed by atoms with E-state index in [0.717, 1.165) is 16.7 Å². The molecule has 2 N–H and O–H groups in total. The number of aliphatic carboxylic acids is 1. The lowest BCUT2D eigenvalue weighted by atomic mass is 10.2. The summed E-state index contributed by atoms with van der Waals surface area (Å²) in [4.78, 5) is 25.8. The highest BCUT2D eigenvalue weighted by Crippen LogP contribution is 2.28. The van der Waals surface area contributed by atoms with Crippen LogP contribution in [0.15, 0.2) is 24.5 Å². The van der Waals surface area contributed by atoms with Crippen molar-refractivity contribution in [3.63, 3.8) is 0 Å². The van der Waals surface area contributed by atoms with Crippen LogP contribution in [0.2, 0.25) is 0 Å². The maximum atomic E-state index is 12.5. The summed E-state index contributed by atoms with van der Waals surface area (Å²) in [6.07, 6.45) is -2.53. The summed E-state index contributed by atoms with van der Waals surface area (Å²) >= 11 is 0. The topological polar surface area (TPSA) is 83.7 Å². The average molecular weight is 301 g/mol. The van der Waals surface area contributed by atoms with Gasteiger partial charge in [0, 0.05) is 18.0 Å². The number of aromatic nitrogens is 2. The van der Waals surface area contributed by atoms with Gasteiger partial charge in [-0.1, -0.05) is 0 Å². The third kappa shape index (κ3) is 3.12. The molecule has 21 heavy (non-hydrogen) atoms. The molecule has 9 heteroatoms. The minimum Gasteiger partial charge on any atom is -0.480 e. The Morgan fingerprint density at radius 2 is 2.10 bits per heavy atom. The van der Waals surface area contributed by atoms with Gasteiger partial charge < -0.3 is 14.8 Å². The first-order chi connectivity index (χ1) is 9.68. The number of fused-ring (bicyclic) bond motifs is 1. The Kier molecular flexibility index (Phi) is 3.58. The molecular weight excluding hydrogens is 291 g/mol. The van der Waals surface area contributed by atoms with E-state index in [-0.39, 0.29) is 11.2 Å². The van der Waals surface area contributed by atoms with Crippen LogP contribution in [-0.2, 0) is 11.0 Å². The summed E-state index contributed by atoms with van der Waals surface area (Å²) in [7, 11) is 0. The van der Waals surface area contributed by atoms with E-state index < -0.39 is 29.8 Å². The Bertz CT molecular complexity index is 709. The second-order valence-corrected chi connectivity index (χ2v) is 4.34. The van der Waals surface area contributed by atoms with E-state index in [1.54, 1.807) is 0 Å². The summed E-state index contributed by atoms with van der Waals surface area (Å²) in [5.74, 6) is -1.92. The lowest BCUT2D eigenvalue weighted by molar-refractivity contribution is -0.141. The van der Waals surface area contributed by atoms with Crippen molar-refractivity contribution in [2.45, 2.75) is 19.1 Å². The smallest absolute Gasteiger partial charge is 0.434 e. The zero-order valence-electron chi connectivity index (χ0n) is 10.7. The fourth-order valence-corrected chi connectivity index (χ4v) is 1.60. The van der Waals surface area contributed by atoms with Gasteiger partial charge in [0.25, 0.3) is 5.91 Å². The SMILES string of the molecule is C[C@@H](NC(=O)c1ccn2cc(C(F)(F)F)nc2c1)C(=O)O. The molecule has 0 fully saturated rings. The van der Waals surface area contributed by atoms with Crippen LogP contribution in [0.1, 0.15) is 23.0 Å². The van der Waals surface area contributed by atoms with E-state index >= 15 is 0 Å². The van der Waals surface area contributed by atoms with Crippen molar-refractivity contribution < 1.29 is 27.9 Å². The van der Waals surface area contributed by atoms with E-state index in [2.05, 4.69) is 10.3 Å². The molecule has 0 saturated carbocycles. The van der Waals surface area contributed by atoms with Crippen molar-refractivity contribution in [2.75, 3.05) is 0 Å². The summed E-state index contributed by atoms with van der Waals surface area (Å²) in [5, 5.41) is 10.9. The molecule has 1 atom stereocenters. The van der Waals surface area contributed by atoms with Crippen molar-refractivity contribution in [3.8, 4) is 0 Å². The normalized spacial score (nSPS) is 13.1. The first-order valence-corrected chi connectivity index (χ1v) is 5.78. The predicted octanol–water partition coefficient (Wildman–Crippen LogP) is 1.56. The largest absolute Gasteiger partial charge is 0.480 e. The number of imidazole rings is 1. The number of pyridine rings is 1. The number of hydrogen-bond donors (Lipinski definition) is 2. The van der Waals surface area contributed by atoms with Gasteiger partial charge in [0.05, 0.1) is 0 Å². The first-order valence-electron chi connectivity index (χ1n) is 5.78. The highest BCUT2D eigenvalue weighted by molar-refractivity contribution is 5.97. The van der Waals surface area contributed by atoms with E-state index in [9.17, 15) is 22.8 Å². The molecule has 0 spiro atoms. The quantitative estimate of drug-likeness (QED) is 0.901. The molecule has 2 rings (SSSR count). The maximum Gasteiger partial charge on any atom is 0.434 e. The van der Waals surface area contributed by atoms with E-state index in [1.807, 2.05) is 0 Å². The van der Waals surface area contributed by atoms with Crippen LogP contribution in [-0.4, -0.2) is 32.4 Å². The van der Waals surface area contributed by atoms with Crippen LogP contribution < -0.4 is 5.32 Å². The van der Waals surface area contributed by atoms with Gasteiger partial charge in [0.15, 0.2) is 5.69 Å². The molecule has 112 valence electrons. The fraction of sp³-hybridized carbons (Fsp3) is 0.250. The minimum atomic E-state index is -4.58. The Balaban J connectivity index is 2.30. The Labute approximate surface area is 116 Å². The second kappa shape index (κ2) is 5.08. The molecule has 1 amide bonds. The van der Waals surface area contributed by atoms with Crippen molar-refractivity contribution >= 4 is 17.5 Å². The molecule has 0 aliphatic rings. The number of nitrogens with zero attached hydrogens (tertiary/aromatic N) is 2. The average Bonchev–Trinajstić information content (AvgIpc) is 2.80. The number of carbonyl (C=O) groups is 2. The third-order valence-electron chi connectivity index (χ3n) is 2.73. The van der Waals surface area contributed by atoms with E-state index in [4.69, 9.17) is 5.11 Å². The zero-order chi connectivity index (χ0) is 15.8. The Morgan fingerprint density at radius 1 is 1.43 bits per heavy atom. The monoisotopic (exact) mass is 301 g/mol. The number of carboxylic acid groups (broad SMARTS) is 1. The van der Waals surface area contributed by atoms with Gasteiger partial charge in [0.1, 0.15) is 11.7 Å². The van der Waals surface area contributed by atoms with Crippen LogP contribution in [0.5, 0.6) is 0 Å². The van der Waals surface area contributed by atoms with Crippen LogP contribution in [0.3, 0.4) is 0 Å². The van der Waals surface area contributed by atoms with Gasteiger partial charge in [0.2, 0.25) is 0 Å². The third-order valence-corrected chi connectivity index (χ3v) is 2.73. The number of alkyl halides is 3. The highest BCUT2D eigenvalue weighted by Gasteiger charge is 2.33. The van der Waals surface area contributed by atoms with Gasteiger partial charge in [-0.15, -0.1) is 0 Å². The van der Waals surface area contributed by atoms with Crippen molar-refractivity contribution in [1.29, 1.82) is 0 Å². The van der Waals surface area contributed by atoms with Crippen LogP contribution in [0.25, 0.3) is 5.65 Å². The number of halogens is 3. The number of carboxylic acids is 1. The predicted molar refractivity (Wildman–Crippen MR) is 64.8 cm³/mol. The molecule has 0 unspecified atom stereocenters. The number of nitrogens with one attached hydrogen (secondary N) is 1. The second-order valence-electron chi connectivity index (χ2n) is 4.34. The lowest BCUT2D eigenvalue weighted by Crippen LogP contribution is -2.38. The lowest BCUT2D eigenvalue weighted by Gasteiger charge is -2.09. The summed E-state index contributed by atoms with van der Waals surface area (Å²) < 4.78 is 38.7. The molecule has 0 aliphatic carbocycles. The van der Waals surface area contributed by atoms with Crippen molar-refractivity contribution in [1.82, 2.24) is 14.7 Å². The van der Waals surface area contributed by atoms with Crippen molar-refractivity contribution in [3.05, 3.63) is 35.8 Å². The van der Waals surface area contributed by atoms with Gasteiger partial charge in [-0.25, -0.2) is 4.98 Å². The van der Waals surface area contributed by atoms with Gasteiger partial charge >= 0.3 is 12.1 Å². The number of hydrogen-bond acceptors (Lipinski definition) is 3. The standard InChI is InChI=1S/C12H10F3N3O3/c1-6(11(20)21)16-10(19)7-2-3-18-5-8(12(13,14)15)17-9(18)4-7/h2-6H,1H3,(H,16,19)(H,20,21)/t6-/m1/s1. The molecule has 0 saturated heterocycles. The molecule has 2 aromatic rings. The molecular formula is C12H10F3N3O3. The highest BCUT2D eigenvalue weighted by atomic mass is 19.4. The maximum absolute atomic E-state index is 12.5. The van der Waals surface area contributed by atoms with Crippen LogP contribution in [0.4, 0.5) is 13.2 Å². The van der Waals surface area contributed by atoms with Crippen molar-refractivity contribution in [2.24, 2.45) is 0 Å². The number of amides is 1. The van der Waals surface area contributed by atoms with Crippen LogP contribution >= 0.6 is 0 Å². The van der Waals surface area contributed by atoms with Crippen LogP contribution in [0, 0.1) is 0 Å². The molecule has 6 nitrogen and oxygen atoms in total. The summed E-state index contributed by atoms with van der Waals surface area (Å²) in [6.45, 7) is 1.27. The summed E-state index contributed by atoms with van der Waals surface area (Å²) in [5.41, 5.74) is -1.10. The van der Waals surface area contributed by atoms with Gasteiger partial charge in [-0.05, 0) is 19.1 Å². The fourth-order valence-electron chi connectivity index (χ4n) is 1.60. The molecule has 2 heterocycles. The van der Waals surface area contributed by atoms with E-state index in [1.165, 1.54) is 19.2 Å². The molecule has 0 bridgehead atoms. The first kappa shape index (κ1) is 14.8. The number of carbonyl (C=O) groups excluding carboxylic acids is 1. The van der Waals surface area contributed by atoms with E-state index in [0.29, 0.717) is 0 Å². The molecule has 0 aliphatic heterocycles. The number of rotatable bonds is 3. The Morgan fingerprint density at radius 3 is 2.67 bits per heavy atom. The molecule has 0 aromatic carbocycles. The Hall–Kier alpha value is -2.58. The molecule has 0 radical (unpaired) electrons. The van der Waals surface area contributed by atoms with Gasteiger partial charge in [-0.2, -0.15) is 13.2 Å².